The van der Waals surface area contributed by atoms with Crippen LogP contribution in [0.15, 0.2) is 47.4 Å². The Morgan fingerprint density at radius 2 is 1.92 bits per heavy atom. The molecule has 0 bridgehead atoms. The highest BCUT2D eigenvalue weighted by atomic mass is 32.2. The third-order valence-electron chi connectivity index (χ3n) is 4.30. The quantitative estimate of drug-likeness (QED) is 0.786. The van der Waals surface area contributed by atoms with Gasteiger partial charge in [-0.3, -0.25) is 4.79 Å². The summed E-state index contributed by atoms with van der Waals surface area (Å²) >= 11 is -0.191. The lowest BCUT2D eigenvalue weighted by molar-refractivity contribution is -0.0328. The molecule has 1 aliphatic heterocycles. The molecule has 7 heteroatoms. The minimum Gasteiger partial charge on any atom is -0.374 e. The molecular weight excluding hydrogens is 361 g/mol. The van der Waals surface area contributed by atoms with E-state index in [4.69, 9.17) is 0 Å². The number of hydrogen-bond donors (Lipinski definition) is 1. The van der Waals surface area contributed by atoms with Crippen molar-refractivity contribution in [3.8, 4) is 0 Å². The summed E-state index contributed by atoms with van der Waals surface area (Å²) < 4.78 is 37.0. The molecule has 0 atom stereocenters. The van der Waals surface area contributed by atoms with Crippen LogP contribution in [0.1, 0.15) is 27.9 Å². The second kappa shape index (κ2) is 7.61. The molecule has 0 spiro atoms. The summed E-state index contributed by atoms with van der Waals surface area (Å²) in [6.07, 6.45) is 2.14. The maximum absolute atomic E-state index is 12.3. The monoisotopic (exact) mass is 380 g/mol. The molecule has 1 aliphatic rings. The van der Waals surface area contributed by atoms with Crippen LogP contribution in [-0.2, 0) is 13.0 Å². The number of amides is 1. The van der Waals surface area contributed by atoms with Gasteiger partial charge in [0, 0.05) is 36.3 Å². The Morgan fingerprint density at radius 1 is 1.19 bits per heavy atom. The second-order valence-corrected chi connectivity index (χ2v) is 7.38. The van der Waals surface area contributed by atoms with Crippen LogP contribution in [0.5, 0.6) is 0 Å². The van der Waals surface area contributed by atoms with Gasteiger partial charge in [0.2, 0.25) is 0 Å². The fraction of sp³-hybridized carbons (Fsp3) is 0.316. The second-order valence-electron chi connectivity index (χ2n) is 6.24. The summed E-state index contributed by atoms with van der Waals surface area (Å²) in [5.41, 5.74) is -0.474. The SMILES string of the molecule is CN1CCCc2cc(CNC(=O)c3ccc(SC(F)(F)F)cc3)ccc21. The van der Waals surface area contributed by atoms with Crippen LogP contribution in [0, 0.1) is 0 Å². The molecule has 1 amide bonds. The highest BCUT2D eigenvalue weighted by molar-refractivity contribution is 8.00. The Kier molecular flexibility index (Phi) is 5.46. The number of benzene rings is 2. The van der Waals surface area contributed by atoms with Gasteiger partial charge in [0.05, 0.1) is 0 Å². The number of aryl methyl sites for hydroxylation is 1. The first-order chi connectivity index (χ1) is 12.3. The molecule has 1 heterocycles. The molecule has 3 rings (SSSR count). The lowest BCUT2D eigenvalue weighted by Gasteiger charge is -2.27. The molecule has 0 aliphatic carbocycles. The smallest absolute Gasteiger partial charge is 0.374 e. The van der Waals surface area contributed by atoms with Gasteiger partial charge in [-0.25, -0.2) is 0 Å². The van der Waals surface area contributed by atoms with Gasteiger partial charge in [0.1, 0.15) is 0 Å². The molecular formula is C19H19F3N2OS. The van der Waals surface area contributed by atoms with Crippen molar-refractivity contribution >= 4 is 23.4 Å². The van der Waals surface area contributed by atoms with Crippen LogP contribution in [0.25, 0.3) is 0 Å². The Hall–Kier alpha value is -2.15. The number of rotatable bonds is 4. The summed E-state index contributed by atoms with van der Waals surface area (Å²) in [5, 5.41) is 2.82. The zero-order chi connectivity index (χ0) is 18.7. The van der Waals surface area contributed by atoms with Gasteiger partial charge in [0.25, 0.3) is 5.91 Å². The van der Waals surface area contributed by atoms with Gasteiger partial charge in [-0.2, -0.15) is 13.2 Å². The van der Waals surface area contributed by atoms with E-state index < -0.39 is 5.51 Å². The summed E-state index contributed by atoms with van der Waals surface area (Å²) in [7, 11) is 2.07. The number of thioether (sulfide) groups is 1. The van der Waals surface area contributed by atoms with Crippen molar-refractivity contribution in [1.82, 2.24) is 5.32 Å². The van der Waals surface area contributed by atoms with Crippen LogP contribution >= 0.6 is 11.8 Å². The topological polar surface area (TPSA) is 32.3 Å². The number of nitrogens with zero attached hydrogens (tertiary/aromatic N) is 1. The molecule has 0 aromatic heterocycles. The molecule has 0 fully saturated rings. The fourth-order valence-electron chi connectivity index (χ4n) is 3.04. The summed E-state index contributed by atoms with van der Waals surface area (Å²) in [6.45, 7) is 1.43. The van der Waals surface area contributed by atoms with Crippen molar-refractivity contribution in [3.05, 3.63) is 59.2 Å². The first-order valence-corrected chi connectivity index (χ1v) is 9.10. The molecule has 2 aromatic carbocycles. The number of carbonyl (C=O) groups excluding carboxylic acids is 1. The standard InChI is InChI=1S/C19H19F3N2OS/c1-24-10-2-3-15-11-13(4-9-17(15)24)12-23-18(25)14-5-7-16(8-6-14)26-19(20,21)22/h4-9,11H,2-3,10,12H2,1H3,(H,23,25). The first kappa shape index (κ1) is 18.6. The number of anilines is 1. The van der Waals surface area contributed by atoms with E-state index in [0.717, 1.165) is 24.9 Å². The number of carbonyl (C=O) groups is 1. The Morgan fingerprint density at radius 3 is 2.62 bits per heavy atom. The summed E-state index contributed by atoms with van der Waals surface area (Å²) in [6, 6.07) is 11.6. The first-order valence-electron chi connectivity index (χ1n) is 8.29. The van der Waals surface area contributed by atoms with Crippen molar-refractivity contribution in [2.45, 2.75) is 29.8 Å². The maximum atomic E-state index is 12.3. The highest BCUT2D eigenvalue weighted by Crippen LogP contribution is 2.36. The molecule has 0 unspecified atom stereocenters. The predicted octanol–water partition coefficient (Wildman–Crippen LogP) is 4.61. The Labute approximate surface area is 154 Å². The third kappa shape index (κ3) is 4.72. The molecule has 3 nitrogen and oxygen atoms in total. The lowest BCUT2D eigenvalue weighted by atomic mass is 9.99. The molecule has 0 radical (unpaired) electrons. The fourth-order valence-corrected chi connectivity index (χ4v) is 3.58. The van der Waals surface area contributed by atoms with Gasteiger partial charge in [-0.1, -0.05) is 12.1 Å². The van der Waals surface area contributed by atoms with Crippen LogP contribution < -0.4 is 10.2 Å². The van der Waals surface area contributed by atoms with E-state index in [1.165, 1.54) is 35.5 Å². The summed E-state index contributed by atoms with van der Waals surface area (Å²) in [5.74, 6) is -0.302. The zero-order valence-electron chi connectivity index (χ0n) is 14.3. The van der Waals surface area contributed by atoms with Crippen molar-refractivity contribution in [2.24, 2.45) is 0 Å². The van der Waals surface area contributed by atoms with Gasteiger partial charge in [-0.15, -0.1) is 0 Å². The average Bonchev–Trinajstić information content (AvgIpc) is 2.59. The van der Waals surface area contributed by atoms with Crippen LogP contribution in [0.2, 0.25) is 0 Å². The number of hydrogen-bond acceptors (Lipinski definition) is 3. The van der Waals surface area contributed by atoms with Crippen molar-refractivity contribution in [2.75, 3.05) is 18.5 Å². The summed E-state index contributed by atoms with van der Waals surface area (Å²) in [4.78, 5) is 14.5. The Bertz CT molecular complexity index is 790. The van der Waals surface area contributed by atoms with Gasteiger partial charge in [0.15, 0.2) is 0 Å². The van der Waals surface area contributed by atoms with E-state index in [1.54, 1.807) is 0 Å². The molecule has 138 valence electrons. The van der Waals surface area contributed by atoms with E-state index in [1.807, 2.05) is 6.07 Å². The maximum Gasteiger partial charge on any atom is 0.446 e. The number of alkyl halides is 3. The van der Waals surface area contributed by atoms with Gasteiger partial charge in [-0.05, 0) is 66.1 Å². The van der Waals surface area contributed by atoms with Gasteiger partial charge >= 0.3 is 5.51 Å². The van der Waals surface area contributed by atoms with E-state index >= 15 is 0 Å². The molecule has 1 N–H and O–H groups in total. The van der Waals surface area contributed by atoms with Crippen LogP contribution in [-0.4, -0.2) is 25.0 Å². The van der Waals surface area contributed by atoms with E-state index in [2.05, 4.69) is 29.4 Å². The third-order valence-corrected chi connectivity index (χ3v) is 5.04. The predicted molar refractivity (Wildman–Crippen MR) is 97.6 cm³/mol. The largest absolute Gasteiger partial charge is 0.446 e. The van der Waals surface area contributed by atoms with Gasteiger partial charge < -0.3 is 10.2 Å². The van der Waals surface area contributed by atoms with Crippen molar-refractivity contribution in [3.63, 3.8) is 0 Å². The van der Waals surface area contributed by atoms with Crippen molar-refractivity contribution in [1.29, 1.82) is 0 Å². The lowest BCUT2D eigenvalue weighted by Crippen LogP contribution is -2.25. The molecule has 26 heavy (non-hydrogen) atoms. The molecule has 0 saturated heterocycles. The zero-order valence-corrected chi connectivity index (χ0v) is 15.1. The van der Waals surface area contributed by atoms with Crippen molar-refractivity contribution < 1.29 is 18.0 Å². The van der Waals surface area contributed by atoms with E-state index in [0.29, 0.717) is 12.1 Å². The Balaban J connectivity index is 1.60. The normalized spacial score (nSPS) is 14.1. The molecule has 2 aromatic rings. The average molecular weight is 380 g/mol. The molecule has 0 saturated carbocycles. The number of fused-ring (bicyclic) bond motifs is 1. The number of halogens is 3. The number of nitrogens with one attached hydrogen (secondary N) is 1. The highest BCUT2D eigenvalue weighted by Gasteiger charge is 2.29. The minimum absolute atomic E-state index is 0.0628. The van der Waals surface area contributed by atoms with E-state index in [-0.39, 0.29) is 22.6 Å². The van der Waals surface area contributed by atoms with E-state index in [9.17, 15) is 18.0 Å². The van der Waals surface area contributed by atoms with Crippen LogP contribution in [0.3, 0.4) is 0 Å². The minimum atomic E-state index is -4.33. The van der Waals surface area contributed by atoms with Crippen LogP contribution in [0.4, 0.5) is 18.9 Å².